The van der Waals surface area contributed by atoms with Crippen LogP contribution in [0.25, 0.3) is 16.7 Å². The van der Waals surface area contributed by atoms with Crippen LogP contribution in [0.2, 0.25) is 0 Å². The van der Waals surface area contributed by atoms with E-state index in [0.29, 0.717) is 22.2 Å². The van der Waals surface area contributed by atoms with Crippen LogP contribution < -0.4 is 10.4 Å². The number of methoxy groups -OCH3 is 1. The second-order valence-electron chi connectivity index (χ2n) is 5.07. The summed E-state index contributed by atoms with van der Waals surface area (Å²) in [4.78, 5) is 12.5. The molecule has 124 valence electrons. The van der Waals surface area contributed by atoms with Gasteiger partial charge in [0.2, 0.25) is 5.16 Å². The molecule has 0 bridgehead atoms. The fourth-order valence-electron chi connectivity index (χ4n) is 2.46. The number of nitrogens with zero attached hydrogens (tertiary/aromatic N) is 4. The van der Waals surface area contributed by atoms with Gasteiger partial charge in [-0.1, -0.05) is 30.3 Å². The summed E-state index contributed by atoms with van der Waals surface area (Å²) in [5, 5.41) is 13.2. The lowest BCUT2D eigenvalue weighted by atomic mass is 10.2. The smallest absolute Gasteiger partial charge is 0.337 e. The third kappa shape index (κ3) is 2.87. The van der Waals surface area contributed by atoms with Crippen LogP contribution in [0.3, 0.4) is 0 Å². The molecule has 0 spiro atoms. The minimum atomic E-state index is -0.419. The molecule has 0 aliphatic carbocycles. The maximum atomic E-state index is 11.8. The molecule has 0 radical (unpaired) electrons. The summed E-state index contributed by atoms with van der Waals surface area (Å²) in [7, 11) is 1.59. The highest BCUT2D eigenvalue weighted by atomic mass is 32.2. The molecule has 0 atom stereocenters. The number of tetrazole rings is 1. The van der Waals surface area contributed by atoms with E-state index < -0.39 is 5.63 Å². The lowest BCUT2D eigenvalue weighted by Crippen LogP contribution is -2.02. The molecule has 4 aromatic rings. The van der Waals surface area contributed by atoms with Gasteiger partial charge < -0.3 is 9.15 Å². The zero-order chi connectivity index (χ0) is 17.2. The van der Waals surface area contributed by atoms with Gasteiger partial charge in [0.05, 0.1) is 7.11 Å². The van der Waals surface area contributed by atoms with E-state index in [9.17, 15) is 4.79 Å². The number of benzene rings is 2. The van der Waals surface area contributed by atoms with Crippen LogP contribution in [0.15, 0.2) is 73.9 Å². The molecule has 2 aromatic carbocycles. The van der Waals surface area contributed by atoms with E-state index in [4.69, 9.17) is 9.15 Å². The third-order valence-corrected chi connectivity index (χ3v) is 4.56. The zero-order valence-corrected chi connectivity index (χ0v) is 13.9. The quantitative estimate of drug-likeness (QED) is 0.522. The van der Waals surface area contributed by atoms with Gasteiger partial charge in [0.1, 0.15) is 17.0 Å². The van der Waals surface area contributed by atoms with Gasteiger partial charge in [0.15, 0.2) is 0 Å². The highest BCUT2D eigenvalue weighted by molar-refractivity contribution is 7.99. The Bertz CT molecular complexity index is 1110. The van der Waals surface area contributed by atoms with Gasteiger partial charge in [0.25, 0.3) is 0 Å². The monoisotopic (exact) mass is 352 g/mol. The fourth-order valence-corrected chi connectivity index (χ4v) is 3.39. The highest BCUT2D eigenvalue weighted by Crippen LogP contribution is 2.33. The molecule has 2 heterocycles. The Kier molecular flexibility index (Phi) is 3.95. The van der Waals surface area contributed by atoms with Crippen LogP contribution >= 0.6 is 11.8 Å². The molecule has 0 saturated heterocycles. The summed E-state index contributed by atoms with van der Waals surface area (Å²) >= 11 is 1.29. The molecule has 0 aliphatic rings. The topological polar surface area (TPSA) is 83.0 Å². The minimum Gasteiger partial charge on any atom is -0.494 e. The average molecular weight is 352 g/mol. The van der Waals surface area contributed by atoms with Crippen LogP contribution in [-0.4, -0.2) is 27.3 Å². The Morgan fingerprint density at radius 3 is 2.80 bits per heavy atom. The Labute approximate surface area is 146 Å². The number of para-hydroxylation sites is 3. The molecule has 0 amide bonds. The van der Waals surface area contributed by atoms with Crippen molar-refractivity contribution in [3.63, 3.8) is 0 Å². The van der Waals surface area contributed by atoms with Crippen molar-refractivity contribution < 1.29 is 9.15 Å². The fraction of sp³-hybridized carbons (Fsp3) is 0.0588. The van der Waals surface area contributed by atoms with Crippen LogP contribution in [0.1, 0.15) is 0 Å². The van der Waals surface area contributed by atoms with E-state index in [-0.39, 0.29) is 0 Å². The van der Waals surface area contributed by atoms with Crippen molar-refractivity contribution in [2.75, 3.05) is 7.11 Å². The van der Waals surface area contributed by atoms with Crippen molar-refractivity contribution in [1.29, 1.82) is 0 Å². The predicted molar refractivity (Wildman–Crippen MR) is 92.3 cm³/mol. The maximum Gasteiger partial charge on any atom is 0.337 e. The van der Waals surface area contributed by atoms with Crippen molar-refractivity contribution in [2.24, 2.45) is 0 Å². The first-order chi connectivity index (χ1) is 12.3. The van der Waals surface area contributed by atoms with E-state index in [0.717, 1.165) is 10.3 Å². The van der Waals surface area contributed by atoms with Crippen LogP contribution in [0.4, 0.5) is 0 Å². The number of hydrogen-bond acceptors (Lipinski definition) is 7. The number of hydrogen-bond donors (Lipinski definition) is 0. The molecule has 25 heavy (non-hydrogen) atoms. The van der Waals surface area contributed by atoms with Crippen LogP contribution in [-0.2, 0) is 0 Å². The van der Waals surface area contributed by atoms with Gasteiger partial charge in [-0.2, -0.15) is 4.68 Å². The molecule has 0 fully saturated rings. The van der Waals surface area contributed by atoms with Gasteiger partial charge in [-0.3, -0.25) is 0 Å². The SMILES string of the molecule is COc1ccccc1-n1nnnc1Sc1cc(=O)oc2ccccc12. The lowest BCUT2D eigenvalue weighted by Gasteiger charge is -2.09. The van der Waals surface area contributed by atoms with Crippen molar-refractivity contribution >= 4 is 22.7 Å². The van der Waals surface area contributed by atoms with Gasteiger partial charge in [-0.15, -0.1) is 5.10 Å². The van der Waals surface area contributed by atoms with Gasteiger partial charge in [0, 0.05) is 16.3 Å². The number of rotatable bonds is 4. The van der Waals surface area contributed by atoms with Crippen molar-refractivity contribution in [3.8, 4) is 11.4 Å². The number of aromatic nitrogens is 4. The first-order valence-corrected chi connectivity index (χ1v) is 8.20. The standard InChI is InChI=1S/C17H12N4O3S/c1-23-14-9-5-3-7-12(14)21-17(18-19-20-21)25-15-10-16(22)24-13-8-4-2-6-11(13)15/h2-10H,1H3. The molecule has 0 N–H and O–H groups in total. The second kappa shape index (κ2) is 6.40. The molecule has 0 saturated carbocycles. The lowest BCUT2D eigenvalue weighted by molar-refractivity contribution is 0.410. The summed E-state index contributed by atoms with van der Waals surface area (Å²) in [5.41, 5.74) is 0.816. The molecule has 0 aliphatic heterocycles. The van der Waals surface area contributed by atoms with E-state index >= 15 is 0 Å². The maximum absolute atomic E-state index is 11.8. The third-order valence-electron chi connectivity index (χ3n) is 3.57. The normalized spacial score (nSPS) is 10.9. The Morgan fingerprint density at radius 1 is 1.12 bits per heavy atom. The summed E-state index contributed by atoms with van der Waals surface area (Å²) in [6.45, 7) is 0. The molecule has 2 aromatic heterocycles. The van der Waals surface area contributed by atoms with E-state index in [2.05, 4.69) is 15.5 Å². The molecule has 7 nitrogen and oxygen atoms in total. The van der Waals surface area contributed by atoms with Crippen molar-refractivity contribution in [3.05, 3.63) is 65.0 Å². The van der Waals surface area contributed by atoms with Gasteiger partial charge in [-0.05, 0) is 40.4 Å². The number of ether oxygens (including phenoxy) is 1. The van der Waals surface area contributed by atoms with Crippen LogP contribution in [0.5, 0.6) is 5.75 Å². The summed E-state index contributed by atoms with van der Waals surface area (Å²) in [6.07, 6.45) is 0. The van der Waals surface area contributed by atoms with Gasteiger partial charge in [-0.25, -0.2) is 4.79 Å². The summed E-state index contributed by atoms with van der Waals surface area (Å²) in [5.74, 6) is 0.647. The minimum absolute atomic E-state index is 0.419. The Hall–Kier alpha value is -3.13. The average Bonchev–Trinajstić information content (AvgIpc) is 3.09. The summed E-state index contributed by atoms with van der Waals surface area (Å²) < 4.78 is 12.2. The first-order valence-electron chi connectivity index (χ1n) is 7.39. The second-order valence-corrected chi connectivity index (χ2v) is 6.08. The van der Waals surface area contributed by atoms with E-state index in [1.54, 1.807) is 17.9 Å². The first kappa shape index (κ1) is 15.4. The van der Waals surface area contributed by atoms with Crippen molar-refractivity contribution in [2.45, 2.75) is 10.1 Å². The van der Waals surface area contributed by atoms with Crippen LogP contribution in [0, 0.1) is 0 Å². The molecular weight excluding hydrogens is 340 g/mol. The molecule has 8 heteroatoms. The molecule has 4 rings (SSSR count). The largest absolute Gasteiger partial charge is 0.494 e. The van der Waals surface area contributed by atoms with Gasteiger partial charge >= 0.3 is 5.63 Å². The summed E-state index contributed by atoms with van der Waals surface area (Å²) in [6, 6.07) is 16.2. The van der Waals surface area contributed by atoms with Crippen molar-refractivity contribution in [1.82, 2.24) is 20.2 Å². The highest BCUT2D eigenvalue weighted by Gasteiger charge is 2.16. The Balaban J connectivity index is 1.82. The predicted octanol–water partition coefficient (Wildman–Crippen LogP) is 2.93. The molecular formula is C17H12N4O3S. The Morgan fingerprint density at radius 2 is 1.92 bits per heavy atom. The molecule has 0 unspecified atom stereocenters. The van der Waals surface area contributed by atoms with E-state index in [1.165, 1.54) is 17.8 Å². The van der Waals surface area contributed by atoms with E-state index in [1.807, 2.05) is 42.5 Å². The number of fused-ring (bicyclic) bond motifs is 1. The zero-order valence-electron chi connectivity index (χ0n) is 13.1.